The van der Waals surface area contributed by atoms with Crippen molar-refractivity contribution in [3.05, 3.63) is 59.9 Å². The summed E-state index contributed by atoms with van der Waals surface area (Å²) in [6.45, 7) is 0.569. The minimum atomic E-state index is -0.380. The number of nitrogens with zero attached hydrogens (tertiary/aromatic N) is 3. The molecule has 150 valence electrons. The highest BCUT2D eigenvalue weighted by Crippen LogP contribution is 2.38. The van der Waals surface area contributed by atoms with Gasteiger partial charge in [-0.15, -0.1) is 10.2 Å². The van der Waals surface area contributed by atoms with Crippen LogP contribution in [0.15, 0.2) is 48.8 Å². The predicted octanol–water partition coefficient (Wildman–Crippen LogP) is 2.76. The van der Waals surface area contributed by atoms with E-state index >= 15 is 0 Å². The lowest BCUT2D eigenvalue weighted by molar-refractivity contribution is 0.102. The first-order valence-electron chi connectivity index (χ1n) is 8.72. The van der Waals surface area contributed by atoms with Crippen LogP contribution in [-0.4, -0.2) is 42.4 Å². The highest BCUT2D eigenvalue weighted by molar-refractivity contribution is 6.04. The summed E-state index contributed by atoms with van der Waals surface area (Å²) in [4.78, 5) is 16.7. The van der Waals surface area contributed by atoms with Gasteiger partial charge in [-0.05, 0) is 35.9 Å². The second-order valence-corrected chi connectivity index (χ2v) is 5.89. The van der Waals surface area contributed by atoms with Crippen LogP contribution in [0.5, 0.6) is 17.2 Å². The molecule has 0 bridgehead atoms. The molecule has 3 rings (SSSR count). The third-order valence-corrected chi connectivity index (χ3v) is 4.03. The summed E-state index contributed by atoms with van der Waals surface area (Å²) in [6.07, 6.45) is 3.49. The number of benzene rings is 1. The lowest BCUT2D eigenvalue weighted by atomic mass is 10.1. The van der Waals surface area contributed by atoms with Crippen LogP contribution in [0.3, 0.4) is 0 Å². The minimum absolute atomic E-state index is 0.315. The topological polar surface area (TPSA) is 107 Å². The number of carbonyl (C=O) groups excluding carboxylic acids is 1. The first kappa shape index (κ1) is 19.9. The molecule has 1 amide bonds. The summed E-state index contributed by atoms with van der Waals surface area (Å²) in [5, 5.41) is 13.9. The summed E-state index contributed by atoms with van der Waals surface area (Å²) in [5.41, 5.74) is 1.36. The van der Waals surface area contributed by atoms with Crippen molar-refractivity contribution in [1.82, 2.24) is 15.2 Å². The first-order valence-corrected chi connectivity index (χ1v) is 8.72. The Kier molecular flexibility index (Phi) is 6.41. The molecular weight excluding hydrogens is 374 g/mol. The Balaban J connectivity index is 1.67. The molecule has 29 heavy (non-hydrogen) atoms. The molecule has 0 aliphatic heterocycles. The van der Waals surface area contributed by atoms with Crippen molar-refractivity contribution in [2.75, 3.05) is 32.0 Å². The van der Waals surface area contributed by atoms with E-state index in [0.29, 0.717) is 41.0 Å². The smallest absolute Gasteiger partial charge is 0.257 e. The molecular formula is C20H21N5O4. The fourth-order valence-electron chi connectivity index (χ4n) is 2.59. The average Bonchev–Trinajstić information content (AvgIpc) is 2.78. The van der Waals surface area contributed by atoms with Crippen LogP contribution in [0, 0.1) is 0 Å². The Hall–Kier alpha value is -3.88. The first-order chi connectivity index (χ1) is 14.1. The molecule has 0 unspecified atom stereocenters. The molecule has 0 aliphatic rings. The third kappa shape index (κ3) is 4.89. The van der Waals surface area contributed by atoms with Crippen molar-refractivity contribution in [2.45, 2.75) is 6.54 Å². The molecule has 0 aliphatic carbocycles. The summed E-state index contributed by atoms with van der Waals surface area (Å²) < 4.78 is 15.8. The van der Waals surface area contributed by atoms with Crippen LogP contribution in [0.25, 0.3) is 0 Å². The number of hydrogen-bond donors (Lipinski definition) is 2. The fraction of sp³-hybridized carbons (Fsp3) is 0.200. The van der Waals surface area contributed by atoms with Crippen LogP contribution in [0.2, 0.25) is 0 Å². The summed E-state index contributed by atoms with van der Waals surface area (Å²) in [5.74, 6) is 1.70. The number of rotatable bonds is 8. The zero-order valence-corrected chi connectivity index (χ0v) is 16.3. The molecule has 0 radical (unpaired) electrons. The van der Waals surface area contributed by atoms with Gasteiger partial charge in [0.05, 0.1) is 21.3 Å². The number of nitrogens with one attached hydrogen (secondary N) is 2. The largest absolute Gasteiger partial charge is 0.493 e. The van der Waals surface area contributed by atoms with Gasteiger partial charge in [0.1, 0.15) is 5.82 Å². The van der Waals surface area contributed by atoms with E-state index in [1.807, 2.05) is 12.1 Å². The molecule has 0 fully saturated rings. The highest BCUT2D eigenvalue weighted by Gasteiger charge is 2.17. The van der Waals surface area contributed by atoms with Crippen molar-refractivity contribution in [3.63, 3.8) is 0 Å². The zero-order chi connectivity index (χ0) is 20.6. The van der Waals surface area contributed by atoms with Gasteiger partial charge in [0.15, 0.2) is 17.3 Å². The van der Waals surface area contributed by atoms with E-state index in [0.717, 1.165) is 5.56 Å². The molecule has 9 heteroatoms. The van der Waals surface area contributed by atoms with Crippen LogP contribution in [-0.2, 0) is 6.54 Å². The van der Waals surface area contributed by atoms with Gasteiger partial charge in [-0.25, -0.2) is 0 Å². The van der Waals surface area contributed by atoms with Crippen molar-refractivity contribution < 1.29 is 19.0 Å². The molecule has 0 saturated carbocycles. The molecule has 2 N–H and O–H groups in total. The summed E-state index contributed by atoms with van der Waals surface area (Å²) in [6, 6.07) is 10.3. The number of pyridine rings is 1. The lowest BCUT2D eigenvalue weighted by Gasteiger charge is -2.14. The maximum atomic E-state index is 12.6. The molecule has 1 aromatic carbocycles. The van der Waals surface area contributed by atoms with Gasteiger partial charge in [0, 0.05) is 24.5 Å². The molecule has 9 nitrogen and oxygen atoms in total. The number of hydrogen-bond acceptors (Lipinski definition) is 8. The molecule has 2 heterocycles. The standard InChI is InChI=1S/C20H21N5O4/c1-27-15-9-14(10-16(28-2)19(15)29-3)20(26)23-18-7-6-17(24-25-18)22-12-13-5-4-8-21-11-13/h4-11H,12H2,1-3H3,(H,22,24)(H,23,25,26). The van der Waals surface area contributed by atoms with Gasteiger partial charge in [0.2, 0.25) is 5.75 Å². The van der Waals surface area contributed by atoms with E-state index in [4.69, 9.17) is 14.2 Å². The number of amides is 1. The molecule has 0 spiro atoms. The van der Waals surface area contributed by atoms with E-state index < -0.39 is 0 Å². The molecule has 0 saturated heterocycles. The Morgan fingerprint density at radius 1 is 0.966 bits per heavy atom. The maximum absolute atomic E-state index is 12.6. The van der Waals surface area contributed by atoms with Crippen molar-refractivity contribution >= 4 is 17.5 Å². The zero-order valence-electron chi connectivity index (χ0n) is 16.3. The van der Waals surface area contributed by atoms with Crippen LogP contribution < -0.4 is 24.8 Å². The number of aromatic nitrogens is 3. The van der Waals surface area contributed by atoms with E-state index in [9.17, 15) is 4.79 Å². The highest BCUT2D eigenvalue weighted by atomic mass is 16.5. The quantitative estimate of drug-likeness (QED) is 0.600. The number of carbonyl (C=O) groups is 1. The number of anilines is 2. The summed E-state index contributed by atoms with van der Waals surface area (Å²) in [7, 11) is 4.48. The van der Waals surface area contributed by atoms with Gasteiger partial charge >= 0.3 is 0 Å². The number of methoxy groups -OCH3 is 3. The van der Waals surface area contributed by atoms with Crippen molar-refractivity contribution in [3.8, 4) is 17.2 Å². The van der Waals surface area contributed by atoms with Gasteiger partial charge in [-0.2, -0.15) is 0 Å². The Morgan fingerprint density at radius 3 is 2.21 bits per heavy atom. The number of ether oxygens (including phenoxy) is 3. The molecule has 2 aromatic heterocycles. The molecule has 3 aromatic rings. The van der Waals surface area contributed by atoms with Crippen LogP contribution in [0.1, 0.15) is 15.9 Å². The van der Waals surface area contributed by atoms with E-state index in [2.05, 4.69) is 25.8 Å². The monoisotopic (exact) mass is 395 g/mol. The van der Waals surface area contributed by atoms with E-state index in [1.54, 1.807) is 36.7 Å². The maximum Gasteiger partial charge on any atom is 0.257 e. The van der Waals surface area contributed by atoms with Gasteiger partial charge in [-0.1, -0.05) is 6.07 Å². The lowest BCUT2D eigenvalue weighted by Crippen LogP contribution is -2.14. The Labute approximate surface area is 168 Å². The third-order valence-electron chi connectivity index (χ3n) is 4.03. The Bertz CT molecular complexity index is 939. The average molecular weight is 395 g/mol. The Morgan fingerprint density at radius 2 is 1.66 bits per heavy atom. The predicted molar refractivity (Wildman–Crippen MR) is 108 cm³/mol. The van der Waals surface area contributed by atoms with E-state index in [-0.39, 0.29) is 5.91 Å². The van der Waals surface area contributed by atoms with Gasteiger partial charge in [-0.3, -0.25) is 9.78 Å². The minimum Gasteiger partial charge on any atom is -0.493 e. The molecule has 0 atom stereocenters. The van der Waals surface area contributed by atoms with E-state index in [1.165, 1.54) is 21.3 Å². The van der Waals surface area contributed by atoms with Crippen LogP contribution >= 0.6 is 0 Å². The van der Waals surface area contributed by atoms with Crippen molar-refractivity contribution in [2.24, 2.45) is 0 Å². The second-order valence-electron chi connectivity index (χ2n) is 5.89. The summed E-state index contributed by atoms with van der Waals surface area (Å²) >= 11 is 0. The normalized spacial score (nSPS) is 10.2. The van der Waals surface area contributed by atoms with Crippen molar-refractivity contribution in [1.29, 1.82) is 0 Å². The van der Waals surface area contributed by atoms with Gasteiger partial charge < -0.3 is 24.8 Å². The second kappa shape index (κ2) is 9.36. The van der Waals surface area contributed by atoms with Gasteiger partial charge in [0.25, 0.3) is 5.91 Å². The SMILES string of the molecule is COc1cc(C(=O)Nc2ccc(NCc3cccnc3)nn2)cc(OC)c1OC. The fourth-order valence-corrected chi connectivity index (χ4v) is 2.59. The van der Waals surface area contributed by atoms with Crippen LogP contribution in [0.4, 0.5) is 11.6 Å².